The molecule has 1 aromatic carbocycles. The number of aliphatic hydroxyl groups is 2. The van der Waals surface area contributed by atoms with Crippen LogP contribution < -0.4 is 0 Å². The van der Waals surface area contributed by atoms with Gasteiger partial charge in [0.1, 0.15) is 0 Å². The zero-order chi connectivity index (χ0) is 11.7. The van der Waals surface area contributed by atoms with Crippen molar-refractivity contribution in [3.63, 3.8) is 0 Å². The average Bonchev–Trinajstić information content (AvgIpc) is 2.30. The Bertz CT molecular complexity index is 233. The van der Waals surface area contributed by atoms with E-state index >= 15 is 0 Å². The molecule has 0 saturated heterocycles. The van der Waals surface area contributed by atoms with Crippen molar-refractivity contribution in [1.82, 2.24) is 0 Å². The monoisotopic (exact) mass is 228 g/mol. The van der Waals surface area contributed by atoms with Gasteiger partial charge in [0, 0.05) is 5.75 Å². The van der Waals surface area contributed by atoms with Crippen LogP contribution in [-0.4, -0.2) is 28.7 Å². The Hall–Kier alpha value is -0.510. The van der Waals surface area contributed by atoms with Crippen molar-refractivity contribution >= 4 is 12.6 Å². The third-order valence-corrected chi connectivity index (χ3v) is 2.31. The summed E-state index contributed by atoms with van der Waals surface area (Å²) in [6.07, 6.45) is -0.645. The van der Waals surface area contributed by atoms with Crippen molar-refractivity contribution in [3.8, 4) is 0 Å². The Morgan fingerprint density at radius 2 is 1.73 bits per heavy atom. The fourth-order valence-electron chi connectivity index (χ4n) is 0.896. The molecule has 3 heteroatoms. The molecule has 2 N–H and O–H groups in total. The van der Waals surface area contributed by atoms with Crippen LogP contribution in [0.3, 0.4) is 0 Å². The van der Waals surface area contributed by atoms with Crippen molar-refractivity contribution in [1.29, 1.82) is 0 Å². The second kappa shape index (κ2) is 8.77. The van der Waals surface area contributed by atoms with Crippen molar-refractivity contribution in [3.05, 3.63) is 35.9 Å². The van der Waals surface area contributed by atoms with Crippen LogP contribution in [0.5, 0.6) is 0 Å². The fourth-order valence-corrected chi connectivity index (χ4v) is 1.01. The maximum Gasteiger partial charge on any atom is 0.0858 e. The molecule has 0 fully saturated rings. The molecule has 1 rings (SSSR count). The molecular formula is C12H20O2S. The molecule has 0 spiro atoms. The first-order valence-electron chi connectivity index (χ1n) is 5.06. The lowest BCUT2D eigenvalue weighted by molar-refractivity contribution is 0.114. The molecule has 0 saturated carbocycles. The number of aliphatic hydroxyl groups excluding tert-OH is 2. The topological polar surface area (TPSA) is 40.5 Å². The zero-order valence-corrected chi connectivity index (χ0v) is 10.2. The summed E-state index contributed by atoms with van der Waals surface area (Å²) in [6, 6.07) is 10.5. The smallest absolute Gasteiger partial charge is 0.0858 e. The molecule has 0 amide bonds. The lowest BCUT2D eigenvalue weighted by Crippen LogP contribution is -2.12. The van der Waals surface area contributed by atoms with Gasteiger partial charge in [-0.05, 0) is 11.5 Å². The van der Waals surface area contributed by atoms with Gasteiger partial charge in [0.15, 0.2) is 0 Å². The van der Waals surface area contributed by atoms with Gasteiger partial charge in [0.05, 0.1) is 12.7 Å². The minimum atomic E-state index is -0.645. The first-order valence-corrected chi connectivity index (χ1v) is 5.69. The van der Waals surface area contributed by atoms with Gasteiger partial charge < -0.3 is 10.2 Å². The SMILES string of the molecule is CC(C)c1ccccc1.OCC(O)CS. The van der Waals surface area contributed by atoms with Crippen molar-refractivity contribution in [2.75, 3.05) is 12.4 Å². The Morgan fingerprint density at radius 3 is 1.93 bits per heavy atom. The molecule has 1 unspecified atom stereocenters. The zero-order valence-electron chi connectivity index (χ0n) is 9.30. The van der Waals surface area contributed by atoms with E-state index in [9.17, 15) is 0 Å². The summed E-state index contributed by atoms with van der Waals surface area (Å²) in [5.41, 5.74) is 1.41. The van der Waals surface area contributed by atoms with Gasteiger partial charge in [-0.3, -0.25) is 0 Å². The normalized spacial score (nSPS) is 11.9. The van der Waals surface area contributed by atoms with Crippen LogP contribution >= 0.6 is 12.6 Å². The van der Waals surface area contributed by atoms with E-state index in [1.165, 1.54) is 5.56 Å². The number of thiol groups is 1. The second-order valence-electron chi connectivity index (χ2n) is 3.58. The maximum absolute atomic E-state index is 8.34. The quantitative estimate of drug-likeness (QED) is 0.693. The molecule has 0 heterocycles. The highest BCUT2D eigenvalue weighted by molar-refractivity contribution is 7.80. The maximum atomic E-state index is 8.34. The van der Waals surface area contributed by atoms with Gasteiger partial charge in [0.2, 0.25) is 0 Å². The van der Waals surface area contributed by atoms with Gasteiger partial charge in [-0.1, -0.05) is 44.2 Å². The first kappa shape index (κ1) is 14.5. The van der Waals surface area contributed by atoms with Crippen LogP contribution in [0.1, 0.15) is 25.3 Å². The predicted octanol–water partition coefficient (Wildman–Crippen LogP) is 2.08. The predicted molar refractivity (Wildman–Crippen MR) is 67.5 cm³/mol. The Labute approximate surface area is 97.4 Å². The van der Waals surface area contributed by atoms with Gasteiger partial charge >= 0.3 is 0 Å². The van der Waals surface area contributed by atoms with E-state index < -0.39 is 6.10 Å². The Morgan fingerprint density at radius 1 is 1.20 bits per heavy atom. The van der Waals surface area contributed by atoms with Gasteiger partial charge in [0.25, 0.3) is 0 Å². The third-order valence-electron chi connectivity index (χ3n) is 1.89. The summed E-state index contributed by atoms with van der Waals surface area (Å²) < 4.78 is 0. The van der Waals surface area contributed by atoms with Gasteiger partial charge in [-0.25, -0.2) is 0 Å². The fraction of sp³-hybridized carbons (Fsp3) is 0.500. The van der Waals surface area contributed by atoms with E-state index in [0.29, 0.717) is 11.7 Å². The highest BCUT2D eigenvalue weighted by atomic mass is 32.1. The molecule has 1 atom stereocenters. The van der Waals surface area contributed by atoms with Crippen LogP contribution in [0, 0.1) is 0 Å². The highest BCUT2D eigenvalue weighted by Gasteiger charge is 1.93. The largest absolute Gasteiger partial charge is 0.394 e. The Balaban J connectivity index is 0.000000288. The molecule has 0 radical (unpaired) electrons. The summed E-state index contributed by atoms with van der Waals surface area (Å²) in [7, 11) is 0. The number of rotatable bonds is 3. The number of benzene rings is 1. The van der Waals surface area contributed by atoms with Gasteiger partial charge in [-0.2, -0.15) is 12.6 Å². The van der Waals surface area contributed by atoms with E-state index in [-0.39, 0.29) is 6.61 Å². The van der Waals surface area contributed by atoms with E-state index in [4.69, 9.17) is 10.2 Å². The molecule has 0 aliphatic rings. The molecule has 0 aliphatic heterocycles. The summed E-state index contributed by atoms with van der Waals surface area (Å²) in [5.74, 6) is 0.988. The lowest BCUT2D eigenvalue weighted by atomic mass is 10.0. The van der Waals surface area contributed by atoms with E-state index in [2.05, 4.69) is 50.7 Å². The highest BCUT2D eigenvalue weighted by Crippen LogP contribution is 2.11. The summed E-state index contributed by atoms with van der Waals surface area (Å²) >= 11 is 3.69. The molecular weight excluding hydrogens is 208 g/mol. The first-order chi connectivity index (χ1) is 7.11. The van der Waals surface area contributed by atoms with Crippen LogP contribution in [0.25, 0.3) is 0 Å². The molecule has 0 aliphatic carbocycles. The molecule has 1 aromatic rings. The summed E-state index contributed by atoms with van der Waals surface area (Å²) in [6.45, 7) is 4.22. The van der Waals surface area contributed by atoms with Crippen molar-refractivity contribution in [2.24, 2.45) is 0 Å². The summed E-state index contributed by atoms with van der Waals surface area (Å²) in [5, 5.41) is 16.4. The van der Waals surface area contributed by atoms with Crippen LogP contribution in [0.4, 0.5) is 0 Å². The van der Waals surface area contributed by atoms with E-state index in [1.807, 2.05) is 6.07 Å². The Kier molecular flexibility index (Phi) is 8.47. The van der Waals surface area contributed by atoms with Crippen LogP contribution in [-0.2, 0) is 0 Å². The minimum Gasteiger partial charge on any atom is -0.394 e. The van der Waals surface area contributed by atoms with Crippen LogP contribution in [0.2, 0.25) is 0 Å². The van der Waals surface area contributed by atoms with E-state index in [0.717, 1.165) is 0 Å². The standard InChI is InChI=1S/C9H12.C3H8O2S/c1-8(2)9-6-4-3-5-7-9;4-1-3(5)2-6/h3-8H,1-2H3;3-6H,1-2H2. The molecule has 86 valence electrons. The third kappa shape index (κ3) is 7.42. The molecule has 0 aromatic heterocycles. The van der Waals surface area contributed by atoms with E-state index in [1.54, 1.807) is 0 Å². The number of hydrogen-bond donors (Lipinski definition) is 3. The molecule has 0 bridgehead atoms. The average molecular weight is 228 g/mol. The second-order valence-corrected chi connectivity index (χ2v) is 3.95. The van der Waals surface area contributed by atoms with Crippen molar-refractivity contribution < 1.29 is 10.2 Å². The lowest BCUT2D eigenvalue weighted by Gasteiger charge is -2.01. The van der Waals surface area contributed by atoms with Crippen molar-refractivity contribution in [2.45, 2.75) is 25.9 Å². The minimum absolute atomic E-state index is 0.191. The van der Waals surface area contributed by atoms with Crippen LogP contribution in [0.15, 0.2) is 30.3 Å². The molecule has 2 nitrogen and oxygen atoms in total. The van der Waals surface area contributed by atoms with Gasteiger partial charge in [-0.15, -0.1) is 0 Å². The number of hydrogen-bond acceptors (Lipinski definition) is 3. The molecule has 15 heavy (non-hydrogen) atoms. The summed E-state index contributed by atoms with van der Waals surface area (Å²) in [4.78, 5) is 0.